The van der Waals surface area contributed by atoms with Crippen LogP contribution >= 0.6 is 11.6 Å². The first-order valence-electron chi connectivity index (χ1n) is 7.41. The van der Waals surface area contributed by atoms with Crippen LogP contribution in [0.4, 0.5) is 0 Å². The molecule has 0 aromatic heterocycles. The van der Waals surface area contributed by atoms with Crippen molar-refractivity contribution < 1.29 is 9.47 Å². The SMILES string of the molecule is C[C@H](NC1CCOC2(CCOC2)C1)c1ccccc1Cl. The Morgan fingerprint density at radius 3 is 2.95 bits per heavy atom. The molecule has 1 spiro atoms. The Kier molecular flexibility index (Phi) is 4.32. The highest BCUT2D eigenvalue weighted by Crippen LogP contribution is 2.34. The molecule has 3 atom stereocenters. The Morgan fingerprint density at radius 2 is 2.20 bits per heavy atom. The van der Waals surface area contributed by atoms with Gasteiger partial charge in [0.15, 0.2) is 0 Å². The molecule has 2 aliphatic heterocycles. The molecule has 3 rings (SSSR count). The van der Waals surface area contributed by atoms with E-state index < -0.39 is 0 Å². The smallest absolute Gasteiger partial charge is 0.0951 e. The number of benzene rings is 1. The number of ether oxygens (including phenoxy) is 2. The third-order valence-electron chi connectivity index (χ3n) is 4.42. The molecule has 20 heavy (non-hydrogen) atoms. The Bertz CT molecular complexity index is 460. The minimum atomic E-state index is -0.0455. The van der Waals surface area contributed by atoms with Gasteiger partial charge < -0.3 is 14.8 Å². The van der Waals surface area contributed by atoms with Gasteiger partial charge in [-0.25, -0.2) is 0 Å². The zero-order chi connectivity index (χ0) is 14.0. The lowest BCUT2D eigenvalue weighted by atomic mass is 9.89. The van der Waals surface area contributed by atoms with Crippen LogP contribution in [0.3, 0.4) is 0 Å². The quantitative estimate of drug-likeness (QED) is 0.928. The van der Waals surface area contributed by atoms with Crippen molar-refractivity contribution >= 4 is 11.6 Å². The first-order valence-corrected chi connectivity index (χ1v) is 7.78. The largest absolute Gasteiger partial charge is 0.378 e. The molecule has 0 amide bonds. The zero-order valence-corrected chi connectivity index (χ0v) is 12.7. The van der Waals surface area contributed by atoms with Gasteiger partial charge in [0, 0.05) is 36.7 Å². The van der Waals surface area contributed by atoms with Gasteiger partial charge in [0.25, 0.3) is 0 Å². The average molecular weight is 296 g/mol. The normalized spacial score (nSPS) is 31.6. The van der Waals surface area contributed by atoms with Crippen LogP contribution in [0.2, 0.25) is 5.02 Å². The molecule has 2 unspecified atom stereocenters. The molecular weight excluding hydrogens is 274 g/mol. The van der Waals surface area contributed by atoms with Gasteiger partial charge in [0.1, 0.15) is 0 Å². The second kappa shape index (κ2) is 6.02. The van der Waals surface area contributed by atoms with E-state index in [0.29, 0.717) is 6.04 Å². The maximum Gasteiger partial charge on any atom is 0.0951 e. The summed E-state index contributed by atoms with van der Waals surface area (Å²) in [5, 5.41) is 4.54. The summed E-state index contributed by atoms with van der Waals surface area (Å²) in [5.41, 5.74) is 1.12. The van der Waals surface area contributed by atoms with E-state index >= 15 is 0 Å². The predicted molar refractivity (Wildman–Crippen MR) is 80.1 cm³/mol. The molecule has 0 bridgehead atoms. The number of hydrogen-bond acceptors (Lipinski definition) is 3. The van der Waals surface area contributed by atoms with Gasteiger partial charge >= 0.3 is 0 Å². The van der Waals surface area contributed by atoms with Crippen LogP contribution in [0.15, 0.2) is 24.3 Å². The molecule has 2 saturated heterocycles. The molecule has 2 aliphatic rings. The van der Waals surface area contributed by atoms with Gasteiger partial charge in [0.2, 0.25) is 0 Å². The van der Waals surface area contributed by atoms with Crippen molar-refractivity contribution in [3.8, 4) is 0 Å². The van der Waals surface area contributed by atoms with Gasteiger partial charge in [-0.2, -0.15) is 0 Å². The second-order valence-corrected chi connectivity index (χ2v) is 6.34. The fraction of sp³-hybridized carbons (Fsp3) is 0.625. The lowest BCUT2D eigenvalue weighted by molar-refractivity contribution is -0.0902. The molecule has 4 heteroatoms. The fourth-order valence-corrected chi connectivity index (χ4v) is 3.60. The minimum Gasteiger partial charge on any atom is -0.378 e. The van der Waals surface area contributed by atoms with E-state index in [9.17, 15) is 0 Å². The van der Waals surface area contributed by atoms with Crippen LogP contribution in [-0.4, -0.2) is 31.5 Å². The summed E-state index contributed by atoms with van der Waals surface area (Å²) in [6, 6.07) is 8.77. The maximum atomic E-state index is 6.27. The minimum absolute atomic E-state index is 0.0455. The van der Waals surface area contributed by atoms with E-state index in [2.05, 4.69) is 18.3 Å². The van der Waals surface area contributed by atoms with Gasteiger partial charge in [-0.3, -0.25) is 0 Å². The molecule has 0 radical (unpaired) electrons. The Hall–Kier alpha value is -0.610. The van der Waals surface area contributed by atoms with Crippen LogP contribution in [-0.2, 0) is 9.47 Å². The summed E-state index contributed by atoms with van der Waals surface area (Å²) in [6.45, 7) is 4.56. The average Bonchev–Trinajstić information content (AvgIpc) is 2.87. The molecule has 2 fully saturated rings. The first kappa shape index (κ1) is 14.3. The van der Waals surface area contributed by atoms with Gasteiger partial charge in [-0.05, 0) is 31.4 Å². The van der Waals surface area contributed by atoms with Gasteiger partial charge in [-0.1, -0.05) is 29.8 Å². The topological polar surface area (TPSA) is 30.5 Å². The third kappa shape index (κ3) is 3.01. The lowest BCUT2D eigenvalue weighted by Gasteiger charge is -2.38. The van der Waals surface area contributed by atoms with Crippen molar-refractivity contribution in [2.45, 2.75) is 43.9 Å². The molecule has 3 nitrogen and oxygen atoms in total. The zero-order valence-electron chi connectivity index (χ0n) is 11.9. The number of hydrogen-bond donors (Lipinski definition) is 1. The highest BCUT2D eigenvalue weighted by molar-refractivity contribution is 6.31. The third-order valence-corrected chi connectivity index (χ3v) is 4.76. The van der Waals surface area contributed by atoms with E-state index in [4.69, 9.17) is 21.1 Å². The van der Waals surface area contributed by atoms with E-state index in [1.165, 1.54) is 0 Å². The van der Waals surface area contributed by atoms with E-state index in [1.807, 2.05) is 18.2 Å². The predicted octanol–water partition coefficient (Wildman–Crippen LogP) is 3.33. The summed E-state index contributed by atoms with van der Waals surface area (Å²) in [4.78, 5) is 0. The summed E-state index contributed by atoms with van der Waals surface area (Å²) < 4.78 is 11.5. The van der Waals surface area contributed by atoms with E-state index in [0.717, 1.165) is 49.7 Å². The molecule has 0 aliphatic carbocycles. The van der Waals surface area contributed by atoms with Crippen molar-refractivity contribution in [1.29, 1.82) is 0 Å². The summed E-state index contributed by atoms with van der Waals surface area (Å²) in [7, 11) is 0. The molecule has 1 N–H and O–H groups in total. The Balaban J connectivity index is 1.64. The molecule has 1 aromatic rings. The first-order chi connectivity index (χ1) is 9.69. The summed E-state index contributed by atoms with van der Waals surface area (Å²) >= 11 is 6.27. The number of nitrogens with one attached hydrogen (secondary N) is 1. The Labute approximate surface area is 125 Å². The van der Waals surface area contributed by atoms with Crippen molar-refractivity contribution in [1.82, 2.24) is 5.32 Å². The lowest BCUT2D eigenvalue weighted by Crippen LogP contribution is -2.48. The molecule has 1 aromatic carbocycles. The van der Waals surface area contributed by atoms with Crippen LogP contribution in [0.5, 0.6) is 0 Å². The summed E-state index contributed by atoms with van der Waals surface area (Å²) in [6.07, 6.45) is 3.10. The van der Waals surface area contributed by atoms with E-state index in [-0.39, 0.29) is 11.6 Å². The highest BCUT2D eigenvalue weighted by atomic mass is 35.5. The van der Waals surface area contributed by atoms with Gasteiger partial charge in [-0.15, -0.1) is 0 Å². The van der Waals surface area contributed by atoms with Crippen molar-refractivity contribution in [3.05, 3.63) is 34.9 Å². The standard InChI is InChI=1S/C16H22ClNO2/c1-12(14-4-2-3-5-15(14)17)18-13-6-8-20-16(10-13)7-9-19-11-16/h2-5,12-13,18H,6-11H2,1H3/t12-,13?,16?/m0/s1. The van der Waals surface area contributed by atoms with Crippen LogP contribution in [0, 0.1) is 0 Å². The molecular formula is C16H22ClNO2. The molecule has 2 heterocycles. The fourth-order valence-electron chi connectivity index (χ4n) is 3.30. The van der Waals surface area contributed by atoms with Crippen molar-refractivity contribution in [3.63, 3.8) is 0 Å². The maximum absolute atomic E-state index is 6.27. The highest BCUT2D eigenvalue weighted by Gasteiger charge is 2.41. The molecule has 110 valence electrons. The van der Waals surface area contributed by atoms with E-state index in [1.54, 1.807) is 0 Å². The summed E-state index contributed by atoms with van der Waals surface area (Å²) in [5.74, 6) is 0. The monoisotopic (exact) mass is 295 g/mol. The van der Waals surface area contributed by atoms with Crippen LogP contribution in [0.1, 0.15) is 37.8 Å². The van der Waals surface area contributed by atoms with Gasteiger partial charge in [0.05, 0.1) is 12.2 Å². The van der Waals surface area contributed by atoms with Crippen molar-refractivity contribution in [2.24, 2.45) is 0 Å². The number of halogens is 1. The van der Waals surface area contributed by atoms with Crippen molar-refractivity contribution in [2.75, 3.05) is 19.8 Å². The number of rotatable bonds is 3. The van der Waals surface area contributed by atoms with Crippen LogP contribution < -0.4 is 5.32 Å². The van der Waals surface area contributed by atoms with Crippen LogP contribution in [0.25, 0.3) is 0 Å². The Morgan fingerprint density at radius 1 is 1.35 bits per heavy atom. The second-order valence-electron chi connectivity index (χ2n) is 5.93. The molecule has 0 saturated carbocycles.